The van der Waals surface area contributed by atoms with E-state index in [9.17, 15) is 10.1 Å². The summed E-state index contributed by atoms with van der Waals surface area (Å²) in [6, 6.07) is 14.7. The summed E-state index contributed by atoms with van der Waals surface area (Å²) in [4.78, 5) is 10.3. The van der Waals surface area contributed by atoms with E-state index in [1.807, 2.05) is 30.3 Å². The summed E-state index contributed by atoms with van der Waals surface area (Å²) in [7, 11) is 0. The molecule has 0 spiro atoms. The lowest BCUT2D eigenvalue weighted by Crippen LogP contribution is -2.01. The molecule has 2 aromatic rings. The molecule has 0 bridgehead atoms. The lowest BCUT2D eigenvalue weighted by atomic mass is 10.1. The van der Waals surface area contributed by atoms with Gasteiger partial charge in [-0.3, -0.25) is 10.1 Å². The molecule has 0 saturated carbocycles. The number of nitro benzene ring substituents is 1. The van der Waals surface area contributed by atoms with E-state index in [4.69, 9.17) is 0 Å². The van der Waals surface area contributed by atoms with Gasteiger partial charge < -0.3 is 5.32 Å². The molecular weight excluding hydrogens is 240 g/mol. The van der Waals surface area contributed by atoms with Gasteiger partial charge in [0.2, 0.25) is 0 Å². The second-order valence-corrected chi connectivity index (χ2v) is 4.07. The third kappa shape index (κ3) is 3.19. The monoisotopic (exact) mass is 254 g/mol. The maximum absolute atomic E-state index is 10.7. The maximum Gasteiger partial charge on any atom is 0.270 e. The normalized spacial score (nSPS) is 9.89. The fourth-order valence-electron chi connectivity index (χ4n) is 1.79. The Labute approximate surface area is 111 Å². The van der Waals surface area contributed by atoms with Crippen LogP contribution in [0, 0.1) is 10.1 Å². The van der Waals surface area contributed by atoms with Gasteiger partial charge in [-0.25, -0.2) is 0 Å². The molecule has 0 fully saturated rings. The van der Waals surface area contributed by atoms with Crippen LogP contribution >= 0.6 is 0 Å². The maximum atomic E-state index is 10.7. The number of nitrogens with one attached hydrogen (secondary N) is 1. The van der Waals surface area contributed by atoms with Crippen molar-refractivity contribution in [3.63, 3.8) is 0 Å². The first-order valence-electron chi connectivity index (χ1n) is 5.89. The molecule has 0 heterocycles. The average molecular weight is 254 g/mol. The van der Waals surface area contributed by atoms with Gasteiger partial charge >= 0.3 is 0 Å². The molecule has 0 radical (unpaired) electrons. The van der Waals surface area contributed by atoms with E-state index < -0.39 is 4.92 Å². The third-order valence-electron chi connectivity index (χ3n) is 2.79. The van der Waals surface area contributed by atoms with Gasteiger partial charge in [0.1, 0.15) is 0 Å². The van der Waals surface area contributed by atoms with Gasteiger partial charge in [0.15, 0.2) is 0 Å². The summed E-state index contributed by atoms with van der Waals surface area (Å²) in [6.07, 6.45) is 1.61. The van der Waals surface area contributed by atoms with Crippen molar-refractivity contribution in [1.82, 2.24) is 0 Å². The number of rotatable bonds is 5. The Balaban J connectivity index is 2.16. The Hall–Kier alpha value is -2.62. The SMILES string of the molecule is C=Cc1cc([N+](=O)[O-])ccc1NCc1ccccc1. The Kier molecular flexibility index (Phi) is 3.93. The van der Waals surface area contributed by atoms with Crippen molar-refractivity contribution in [2.24, 2.45) is 0 Å². The molecule has 0 amide bonds. The topological polar surface area (TPSA) is 55.2 Å². The van der Waals surface area contributed by atoms with E-state index in [2.05, 4.69) is 11.9 Å². The summed E-state index contributed by atoms with van der Waals surface area (Å²) < 4.78 is 0. The lowest BCUT2D eigenvalue weighted by Gasteiger charge is -2.09. The molecule has 0 unspecified atom stereocenters. The van der Waals surface area contributed by atoms with Gasteiger partial charge in [-0.1, -0.05) is 43.0 Å². The van der Waals surface area contributed by atoms with Gasteiger partial charge in [0.25, 0.3) is 5.69 Å². The number of non-ortho nitro benzene ring substituents is 1. The van der Waals surface area contributed by atoms with Crippen molar-refractivity contribution in [2.75, 3.05) is 5.32 Å². The number of hydrogen-bond acceptors (Lipinski definition) is 3. The summed E-state index contributed by atoms with van der Waals surface area (Å²) in [5.41, 5.74) is 2.78. The molecule has 4 heteroatoms. The Morgan fingerprint density at radius 1 is 1.21 bits per heavy atom. The van der Waals surface area contributed by atoms with Crippen molar-refractivity contribution in [2.45, 2.75) is 6.54 Å². The van der Waals surface area contributed by atoms with E-state index in [1.54, 1.807) is 12.1 Å². The number of nitrogens with zero attached hydrogens (tertiary/aromatic N) is 1. The lowest BCUT2D eigenvalue weighted by molar-refractivity contribution is -0.384. The van der Waals surface area contributed by atoms with Crippen LogP contribution in [0.2, 0.25) is 0 Å². The van der Waals surface area contributed by atoms with Gasteiger partial charge in [-0.15, -0.1) is 0 Å². The fourth-order valence-corrected chi connectivity index (χ4v) is 1.79. The number of hydrogen-bond donors (Lipinski definition) is 1. The number of nitro groups is 1. The predicted molar refractivity (Wildman–Crippen MR) is 77.0 cm³/mol. The van der Waals surface area contributed by atoms with Gasteiger partial charge in [0, 0.05) is 29.9 Å². The zero-order valence-corrected chi connectivity index (χ0v) is 10.4. The van der Waals surface area contributed by atoms with Crippen LogP contribution in [0.25, 0.3) is 6.08 Å². The highest BCUT2D eigenvalue weighted by molar-refractivity contribution is 5.68. The Morgan fingerprint density at radius 2 is 1.95 bits per heavy atom. The first-order chi connectivity index (χ1) is 9.20. The zero-order valence-electron chi connectivity index (χ0n) is 10.4. The molecule has 0 aliphatic carbocycles. The van der Waals surface area contributed by atoms with E-state index in [1.165, 1.54) is 12.1 Å². The molecule has 0 saturated heterocycles. The standard InChI is InChI=1S/C15H14N2O2/c1-2-13-10-14(17(18)19)8-9-15(13)16-11-12-6-4-3-5-7-12/h2-10,16H,1,11H2. The van der Waals surface area contributed by atoms with Crippen LogP contribution in [0.5, 0.6) is 0 Å². The summed E-state index contributed by atoms with van der Waals surface area (Å²) >= 11 is 0. The predicted octanol–water partition coefficient (Wildman–Crippen LogP) is 3.85. The second kappa shape index (κ2) is 5.82. The van der Waals surface area contributed by atoms with Crippen LogP contribution in [-0.2, 0) is 6.54 Å². The minimum atomic E-state index is -0.409. The molecule has 0 aliphatic heterocycles. The highest BCUT2D eigenvalue weighted by atomic mass is 16.6. The van der Waals surface area contributed by atoms with E-state index in [0.29, 0.717) is 6.54 Å². The minimum absolute atomic E-state index is 0.0696. The van der Waals surface area contributed by atoms with E-state index in [-0.39, 0.29) is 5.69 Å². The highest BCUT2D eigenvalue weighted by Gasteiger charge is 2.08. The van der Waals surface area contributed by atoms with Crippen LogP contribution in [0.15, 0.2) is 55.1 Å². The van der Waals surface area contributed by atoms with E-state index >= 15 is 0 Å². The molecule has 2 rings (SSSR count). The van der Waals surface area contributed by atoms with Crippen LogP contribution in [0.1, 0.15) is 11.1 Å². The van der Waals surface area contributed by atoms with Crippen molar-refractivity contribution in [3.05, 3.63) is 76.4 Å². The van der Waals surface area contributed by atoms with Gasteiger partial charge in [0.05, 0.1) is 4.92 Å². The highest BCUT2D eigenvalue weighted by Crippen LogP contribution is 2.23. The average Bonchev–Trinajstić information content (AvgIpc) is 2.45. The van der Waals surface area contributed by atoms with Crippen LogP contribution in [0.4, 0.5) is 11.4 Å². The Bertz CT molecular complexity index is 594. The summed E-state index contributed by atoms with van der Waals surface area (Å²) in [5, 5.41) is 14.0. The quantitative estimate of drug-likeness (QED) is 0.651. The van der Waals surface area contributed by atoms with Crippen LogP contribution in [-0.4, -0.2) is 4.92 Å². The first-order valence-corrected chi connectivity index (χ1v) is 5.89. The molecule has 0 aromatic heterocycles. The molecule has 2 aromatic carbocycles. The molecule has 19 heavy (non-hydrogen) atoms. The van der Waals surface area contributed by atoms with Gasteiger partial charge in [-0.05, 0) is 11.6 Å². The molecule has 96 valence electrons. The second-order valence-electron chi connectivity index (χ2n) is 4.07. The van der Waals surface area contributed by atoms with E-state index in [0.717, 1.165) is 16.8 Å². The largest absolute Gasteiger partial charge is 0.380 e. The molecular formula is C15H14N2O2. The van der Waals surface area contributed by atoms with Crippen molar-refractivity contribution >= 4 is 17.5 Å². The fraction of sp³-hybridized carbons (Fsp3) is 0.0667. The van der Waals surface area contributed by atoms with Crippen molar-refractivity contribution < 1.29 is 4.92 Å². The molecule has 4 nitrogen and oxygen atoms in total. The van der Waals surface area contributed by atoms with Crippen LogP contribution < -0.4 is 5.32 Å². The number of benzene rings is 2. The van der Waals surface area contributed by atoms with Crippen LogP contribution in [0.3, 0.4) is 0 Å². The third-order valence-corrected chi connectivity index (χ3v) is 2.79. The smallest absolute Gasteiger partial charge is 0.270 e. The van der Waals surface area contributed by atoms with Crippen molar-refractivity contribution in [1.29, 1.82) is 0 Å². The zero-order chi connectivity index (χ0) is 13.7. The first kappa shape index (κ1) is 12.8. The molecule has 0 aliphatic rings. The minimum Gasteiger partial charge on any atom is -0.380 e. The van der Waals surface area contributed by atoms with Gasteiger partial charge in [-0.2, -0.15) is 0 Å². The van der Waals surface area contributed by atoms with Crippen molar-refractivity contribution in [3.8, 4) is 0 Å². The molecule has 0 atom stereocenters. The number of anilines is 1. The summed E-state index contributed by atoms with van der Waals surface area (Å²) in [5.74, 6) is 0. The Morgan fingerprint density at radius 3 is 2.58 bits per heavy atom. The molecule has 1 N–H and O–H groups in total. The summed E-state index contributed by atoms with van der Waals surface area (Å²) in [6.45, 7) is 4.35.